The summed E-state index contributed by atoms with van der Waals surface area (Å²) in [6.07, 6.45) is -2.12. The van der Waals surface area contributed by atoms with Crippen LogP contribution in [-0.4, -0.2) is 33.8 Å². The van der Waals surface area contributed by atoms with Gasteiger partial charge in [0.2, 0.25) is 0 Å². The van der Waals surface area contributed by atoms with E-state index in [2.05, 4.69) is 0 Å². The number of carbonyl (C=O) groups excluding carboxylic acids is 1. The van der Waals surface area contributed by atoms with Gasteiger partial charge in [-0.3, -0.25) is 0 Å². The molecular weight excluding hydrogens is 371 g/mol. The number of hydrogen-bond acceptors (Lipinski definition) is 3. The van der Waals surface area contributed by atoms with Crippen LogP contribution in [0.15, 0.2) is 18.2 Å². The monoisotopic (exact) mass is 399 g/mol. The number of fused-ring (bicyclic) bond motifs is 2. The van der Waals surface area contributed by atoms with Crippen LogP contribution in [0.4, 0.5) is 18.0 Å². The van der Waals surface area contributed by atoms with E-state index in [1.807, 2.05) is 0 Å². The lowest BCUT2D eigenvalue weighted by Gasteiger charge is -2.52. The second-order valence-electron chi connectivity index (χ2n) is 9.09. The molecule has 2 bridgehead atoms. The molecule has 0 radical (unpaired) electrons. The lowest BCUT2D eigenvalue weighted by atomic mass is 9.71. The Morgan fingerprint density at radius 1 is 1.18 bits per heavy atom. The van der Waals surface area contributed by atoms with Crippen molar-refractivity contribution in [1.82, 2.24) is 4.90 Å². The predicted octanol–water partition coefficient (Wildman–Crippen LogP) is 5.15. The van der Waals surface area contributed by atoms with Gasteiger partial charge in [0.25, 0.3) is 0 Å². The summed E-state index contributed by atoms with van der Waals surface area (Å²) in [7, 11) is 0. The average molecular weight is 399 g/mol. The van der Waals surface area contributed by atoms with Gasteiger partial charge in [-0.15, -0.1) is 0 Å². The molecular formula is C21H28F3NO3. The number of halogens is 3. The second-order valence-corrected chi connectivity index (χ2v) is 9.09. The lowest BCUT2D eigenvalue weighted by molar-refractivity contribution is -0.138. The van der Waals surface area contributed by atoms with Gasteiger partial charge in [-0.05, 0) is 70.2 Å². The summed E-state index contributed by atoms with van der Waals surface area (Å²) in [5, 5.41) is 11.4. The van der Waals surface area contributed by atoms with E-state index in [9.17, 15) is 23.1 Å². The fourth-order valence-corrected chi connectivity index (χ4v) is 4.56. The first-order valence-corrected chi connectivity index (χ1v) is 9.72. The number of piperidine rings is 2. The Kier molecular flexibility index (Phi) is 5.19. The smallest absolute Gasteiger partial charge is 0.416 e. The number of ether oxygens (including phenoxy) is 1. The van der Waals surface area contributed by atoms with Crippen LogP contribution in [-0.2, 0) is 16.5 Å². The molecule has 7 heteroatoms. The SMILES string of the molecule is Cc1ccc(C(F)(F)F)cc1C1(O)CC2CCCC(C1)N2C(=O)OC(C)(C)C. The van der Waals surface area contributed by atoms with E-state index in [0.29, 0.717) is 24.0 Å². The van der Waals surface area contributed by atoms with E-state index in [-0.39, 0.29) is 24.9 Å². The number of hydrogen-bond donors (Lipinski definition) is 1. The van der Waals surface area contributed by atoms with Gasteiger partial charge in [0.05, 0.1) is 11.2 Å². The topological polar surface area (TPSA) is 49.8 Å². The molecule has 4 nitrogen and oxygen atoms in total. The van der Waals surface area contributed by atoms with Gasteiger partial charge in [0, 0.05) is 24.9 Å². The van der Waals surface area contributed by atoms with Crippen LogP contribution in [0.2, 0.25) is 0 Å². The Labute approximate surface area is 163 Å². The molecule has 1 aromatic carbocycles. The molecule has 156 valence electrons. The lowest BCUT2D eigenvalue weighted by Crippen LogP contribution is -2.59. The van der Waals surface area contributed by atoms with Crippen molar-refractivity contribution in [2.45, 2.75) is 89.3 Å². The number of benzene rings is 1. The summed E-state index contributed by atoms with van der Waals surface area (Å²) in [6, 6.07) is 3.02. The van der Waals surface area contributed by atoms with Crippen molar-refractivity contribution in [3.8, 4) is 0 Å². The number of aryl methyl sites for hydroxylation is 1. The van der Waals surface area contributed by atoms with E-state index in [1.165, 1.54) is 6.07 Å². The Balaban J connectivity index is 1.92. The number of rotatable bonds is 1. The number of alkyl halides is 3. The van der Waals surface area contributed by atoms with Crippen LogP contribution >= 0.6 is 0 Å². The zero-order chi connectivity index (χ0) is 20.9. The zero-order valence-electron chi connectivity index (χ0n) is 16.8. The Morgan fingerprint density at radius 2 is 1.75 bits per heavy atom. The molecule has 2 saturated heterocycles. The molecule has 1 N–H and O–H groups in total. The van der Waals surface area contributed by atoms with Crippen molar-refractivity contribution >= 4 is 6.09 Å². The van der Waals surface area contributed by atoms with Crippen LogP contribution in [0.1, 0.15) is 69.6 Å². The largest absolute Gasteiger partial charge is 0.444 e. The summed E-state index contributed by atoms with van der Waals surface area (Å²) in [5.41, 5.74) is -1.85. The zero-order valence-corrected chi connectivity index (χ0v) is 16.8. The van der Waals surface area contributed by atoms with Crippen molar-refractivity contribution in [3.63, 3.8) is 0 Å². The van der Waals surface area contributed by atoms with Crippen LogP contribution in [0, 0.1) is 6.92 Å². The fraction of sp³-hybridized carbons (Fsp3) is 0.667. The molecule has 2 atom stereocenters. The molecule has 0 aromatic heterocycles. The number of aliphatic hydroxyl groups is 1. The minimum absolute atomic E-state index is 0.213. The second kappa shape index (κ2) is 6.94. The van der Waals surface area contributed by atoms with Crippen LogP contribution in [0.5, 0.6) is 0 Å². The quantitative estimate of drug-likeness (QED) is 0.710. The van der Waals surface area contributed by atoms with Gasteiger partial charge < -0.3 is 14.7 Å². The molecule has 2 heterocycles. The van der Waals surface area contributed by atoms with Crippen molar-refractivity contribution in [2.24, 2.45) is 0 Å². The first-order chi connectivity index (χ1) is 12.8. The third-order valence-corrected chi connectivity index (χ3v) is 5.68. The van der Waals surface area contributed by atoms with Gasteiger partial charge in [0.15, 0.2) is 0 Å². The molecule has 0 spiro atoms. The third kappa shape index (κ3) is 4.14. The standard InChI is InChI=1S/C21H28F3NO3/c1-13-8-9-14(21(22,23)24)10-17(13)20(27)11-15-6-5-7-16(12-20)25(15)18(26)28-19(2,3)4/h8-10,15-16,27H,5-7,11-12H2,1-4H3. The maximum atomic E-state index is 13.2. The molecule has 2 unspecified atom stereocenters. The van der Waals surface area contributed by atoms with Crippen molar-refractivity contribution in [2.75, 3.05) is 0 Å². The Hall–Kier alpha value is -1.76. The van der Waals surface area contributed by atoms with Crippen LogP contribution < -0.4 is 0 Å². The highest BCUT2D eigenvalue weighted by Crippen LogP contribution is 2.46. The molecule has 2 aliphatic heterocycles. The van der Waals surface area contributed by atoms with Gasteiger partial charge in [-0.1, -0.05) is 6.07 Å². The summed E-state index contributed by atoms with van der Waals surface area (Å²) >= 11 is 0. The number of nitrogens with zero attached hydrogens (tertiary/aromatic N) is 1. The first kappa shape index (κ1) is 21.0. The van der Waals surface area contributed by atoms with Crippen molar-refractivity contribution < 1.29 is 27.8 Å². The highest BCUT2D eigenvalue weighted by Gasteiger charge is 2.50. The van der Waals surface area contributed by atoms with Crippen molar-refractivity contribution in [1.29, 1.82) is 0 Å². The van der Waals surface area contributed by atoms with E-state index in [1.54, 1.807) is 32.6 Å². The molecule has 1 aromatic rings. The molecule has 28 heavy (non-hydrogen) atoms. The average Bonchev–Trinajstić information content (AvgIpc) is 2.51. The number of carbonyl (C=O) groups is 1. The summed E-state index contributed by atoms with van der Waals surface area (Å²) in [5.74, 6) is 0. The van der Waals surface area contributed by atoms with Gasteiger partial charge in [-0.25, -0.2) is 4.79 Å². The highest BCUT2D eigenvalue weighted by atomic mass is 19.4. The van der Waals surface area contributed by atoms with E-state index in [0.717, 1.165) is 18.6 Å². The summed E-state index contributed by atoms with van der Waals surface area (Å²) in [4.78, 5) is 14.4. The highest BCUT2D eigenvalue weighted by molar-refractivity contribution is 5.69. The molecule has 0 saturated carbocycles. The molecule has 1 amide bonds. The summed E-state index contributed by atoms with van der Waals surface area (Å²) < 4.78 is 45.1. The normalized spacial score (nSPS) is 28.2. The van der Waals surface area contributed by atoms with Crippen LogP contribution in [0.3, 0.4) is 0 Å². The van der Waals surface area contributed by atoms with E-state index < -0.39 is 29.0 Å². The van der Waals surface area contributed by atoms with Gasteiger partial charge in [0.1, 0.15) is 5.60 Å². The van der Waals surface area contributed by atoms with Gasteiger partial charge >= 0.3 is 12.3 Å². The first-order valence-electron chi connectivity index (χ1n) is 9.72. The predicted molar refractivity (Wildman–Crippen MR) is 98.8 cm³/mol. The Bertz CT molecular complexity index is 740. The van der Waals surface area contributed by atoms with Gasteiger partial charge in [-0.2, -0.15) is 13.2 Å². The van der Waals surface area contributed by atoms with Crippen LogP contribution in [0.25, 0.3) is 0 Å². The minimum Gasteiger partial charge on any atom is -0.444 e. The molecule has 2 aliphatic rings. The van der Waals surface area contributed by atoms with Crippen molar-refractivity contribution in [3.05, 3.63) is 34.9 Å². The maximum absolute atomic E-state index is 13.2. The summed E-state index contributed by atoms with van der Waals surface area (Å²) in [6.45, 7) is 7.11. The third-order valence-electron chi connectivity index (χ3n) is 5.68. The van der Waals surface area contributed by atoms with E-state index in [4.69, 9.17) is 4.74 Å². The molecule has 0 aliphatic carbocycles. The fourth-order valence-electron chi connectivity index (χ4n) is 4.56. The Morgan fingerprint density at radius 3 is 2.25 bits per heavy atom. The maximum Gasteiger partial charge on any atom is 0.416 e. The molecule has 2 fully saturated rings. The molecule has 3 rings (SSSR count). The minimum atomic E-state index is -4.47. The number of amides is 1. The van der Waals surface area contributed by atoms with E-state index >= 15 is 0 Å².